The van der Waals surface area contributed by atoms with Gasteiger partial charge in [-0.25, -0.2) is 0 Å². The molecule has 128 valence electrons. The first-order valence-corrected chi connectivity index (χ1v) is 9.43. The number of likely N-dealkylation sites (tertiary alicyclic amines) is 2. The van der Waals surface area contributed by atoms with Gasteiger partial charge in [-0.05, 0) is 69.5 Å². The van der Waals surface area contributed by atoms with Crippen molar-refractivity contribution in [3.8, 4) is 0 Å². The van der Waals surface area contributed by atoms with Gasteiger partial charge >= 0.3 is 0 Å². The normalized spacial score (nSPS) is 22.7. The number of hydrogen-bond donors (Lipinski definition) is 0. The lowest BCUT2D eigenvalue weighted by Gasteiger charge is -2.47. The van der Waals surface area contributed by atoms with E-state index >= 15 is 0 Å². The van der Waals surface area contributed by atoms with E-state index in [2.05, 4.69) is 23.6 Å². The van der Waals surface area contributed by atoms with Gasteiger partial charge in [-0.3, -0.25) is 4.79 Å². The predicted molar refractivity (Wildman–Crippen MR) is 92.8 cm³/mol. The molecule has 0 aliphatic carbocycles. The summed E-state index contributed by atoms with van der Waals surface area (Å²) in [6.07, 6.45) is 7.85. The van der Waals surface area contributed by atoms with Crippen molar-refractivity contribution in [2.24, 2.45) is 17.3 Å². The van der Waals surface area contributed by atoms with Crippen LogP contribution in [0.1, 0.15) is 66.2 Å². The minimum atomic E-state index is 0.150. The summed E-state index contributed by atoms with van der Waals surface area (Å²) in [6.45, 7) is 14.5. The van der Waals surface area contributed by atoms with E-state index in [1.54, 1.807) is 0 Å². The third-order valence-electron chi connectivity index (χ3n) is 5.80. The van der Waals surface area contributed by atoms with Crippen LogP contribution in [-0.4, -0.2) is 48.4 Å². The Bertz CT molecular complexity index is 346. The van der Waals surface area contributed by atoms with Crippen molar-refractivity contribution in [1.82, 2.24) is 9.80 Å². The lowest BCUT2D eigenvalue weighted by Crippen LogP contribution is -2.49. The highest BCUT2D eigenvalue weighted by Gasteiger charge is 2.38. The van der Waals surface area contributed by atoms with Crippen LogP contribution in [0.2, 0.25) is 0 Å². The molecule has 2 aliphatic heterocycles. The van der Waals surface area contributed by atoms with Gasteiger partial charge in [0.15, 0.2) is 0 Å². The maximum atomic E-state index is 12.1. The molecule has 0 radical (unpaired) electrons. The molecule has 0 N–H and O–H groups in total. The molecule has 3 nitrogen and oxygen atoms in total. The van der Waals surface area contributed by atoms with Crippen LogP contribution in [0.5, 0.6) is 0 Å². The van der Waals surface area contributed by atoms with Crippen molar-refractivity contribution in [2.45, 2.75) is 66.2 Å². The Labute approximate surface area is 137 Å². The van der Waals surface area contributed by atoms with Crippen LogP contribution in [0.4, 0.5) is 0 Å². The largest absolute Gasteiger partial charge is 0.342 e. The van der Waals surface area contributed by atoms with E-state index in [0.29, 0.717) is 11.3 Å². The molecule has 0 unspecified atom stereocenters. The van der Waals surface area contributed by atoms with Gasteiger partial charge in [0.1, 0.15) is 0 Å². The zero-order valence-corrected chi connectivity index (χ0v) is 15.2. The Morgan fingerprint density at radius 2 is 1.50 bits per heavy atom. The number of rotatable bonds is 5. The highest BCUT2D eigenvalue weighted by Crippen LogP contribution is 2.41. The third kappa shape index (κ3) is 4.71. The van der Waals surface area contributed by atoms with Gasteiger partial charge in [0, 0.05) is 19.0 Å². The lowest BCUT2D eigenvalue weighted by atomic mass is 9.71. The number of hydrogen-bond acceptors (Lipinski definition) is 2. The molecule has 3 heteroatoms. The highest BCUT2D eigenvalue weighted by atomic mass is 16.2. The summed E-state index contributed by atoms with van der Waals surface area (Å²) >= 11 is 0. The highest BCUT2D eigenvalue weighted by molar-refractivity contribution is 5.78. The monoisotopic (exact) mass is 308 g/mol. The molecule has 1 spiro atoms. The quantitative estimate of drug-likeness (QED) is 0.771. The van der Waals surface area contributed by atoms with Gasteiger partial charge in [0.25, 0.3) is 0 Å². The van der Waals surface area contributed by atoms with E-state index in [1.807, 2.05) is 13.8 Å². The average molecular weight is 309 g/mol. The SMILES string of the molecule is CC(C)CCCN1CCC2(CC1)CCN(C(=O)C(C)C)CC2. The van der Waals surface area contributed by atoms with Crippen LogP contribution in [0.3, 0.4) is 0 Å². The van der Waals surface area contributed by atoms with E-state index in [0.717, 1.165) is 19.0 Å². The molecule has 22 heavy (non-hydrogen) atoms. The van der Waals surface area contributed by atoms with E-state index in [1.165, 1.54) is 58.2 Å². The number of piperidine rings is 2. The Morgan fingerprint density at radius 1 is 0.955 bits per heavy atom. The van der Waals surface area contributed by atoms with Gasteiger partial charge in [0.05, 0.1) is 0 Å². The van der Waals surface area contributed by atoms with Crippen LogP contribution in [0.15, 0.2) is 0 Å². The molecular weight excluding hydrogens is 272 g/mol. The summed E-state index contributed by atoms with van der Waals surface area (Å²) in [6, 6.07) is 0. The van der Waals surface area contributed by atoms with Gasteiger partial charge in [-0.1, -0.05) is 27.7 Å². The molecule has 2 rings (SSSR count). The molecule has 2 saturated heterocycles. The molecule has 0 bridgehead atoms. The average Bonchev–Trinajstić information content (AvgIpc) is 2.49. The van der Waals surface area contributed by atoms with Crippen LogP contribution in [-0.2, 0) is 4.79 Å². The molecule has 0 saturated carbocycles. The van der Waals surface area contributed by atoms with E-state index in [9.17, 15) is 4.79 Å². The van der Waals surface area contributed by atoms with Crippen molar-refractivity contribution in [1.29, 1.82) is 0 Å². The fourth-order valence-electron chi connectivity index (χ4n) is 4.04. The van der Waals surface area contributed by atoms with E-state index < -0.39 is 0 Å². The van der Waals surface area contributed by atoms with Crippen LogP contribution in [0.25, 0.3) is 0 Å². The molecule has 0 aromatic rings. The lowest BCUT2D eigenvalue weighted by molar-refractivity contribution is -0.137. The molecule has 2 heterocycles. The van der Waals surface area contributed by atoms with Gasteiger partial charge in [-0.2, -0.15) is 0 Å². The second-order valence-corrected chi connectivity index (χ2v) is 8.36. The first-order chi connectivity index (χ1) is 10.4. The zero-order chi connectivity index (χ0) is 16.2. The Balaban J connectivity index is 1.72. The Kier molecular flexibility index (Phi) is 6.31. The second-order valence-electron chi connectivity index (χ2n) is 8.36. The Morgan fingerprint density at radius 3 is 2.00 bits per heavy atom. The third-order valence-corrected chi connectivity index (χ3v) is 5.80. The summed E-state index contributed by atoms with van der Waals surface area (Å²) in [7, 11) is 0. The van der Waals surface area contributed by atoms with Gasteiger partial charge < -0.3 is 9.80 Å². The number of carbonyl (C=O) groups is 1. The maximum absolute atomic E-state index is 12.1. The summed E-state index contributed by atoms with van der Waals surface area (Å²) in [5, 5.41) is 0. The van der Waals surface area contributed by atoms with Crippen molar-refractivity contribution < 1.29 is 4.79 Å². The number of carbonyl (C=O) groups excluding carboxylic acids is 1. The predicted octanol–water partition coefficient (Wildman–Crippen LogP) is 3.78. The van der Waals surface area contributed by atoms with Crippen molar-refractivity contribution in [3.63, 3.8) is 0 Å². The van der Waals surface area contributed by atoms with Crippen LogP contribution < -0.4 is 0 Å². The smallest absolute Gasteiger partial charge is 0.225 e. The fourth-order valence-corrected chi connectivity index (χ4v) is 4.04. The molecule has 2 fully saturated rings. The minimum absolute atomic E-state index is 0.150. The molecule has 0 atom stereocenters. The van der Waals surface area contributed by atoms with Gasteiger partial charge in [0.2, 0.25) is 5.91 Å². The second kappa shape index (κ2) is 7.81. The molecule has 0 aromatic carbocycles. The van der Waals surface area contributed by atoms with Crippen LogP contribution >= 0.6 is 0 Å². The Hall–Kier alpha value is -0.570. The fraction of sp³-hybridized carbons (Fsp3) is 0.947. The summed E-state index contributed by atoms with van der Waals surface area (Å²) in [5.74, 6) is 1.33. The molecular formula is C19H36N2O. The van der Waals surface area contributed by atoms with Crippen molar-refractivity contribution >= 4 is 5.91 Å². The summed E-state index contributed by atoms with van der Waals surface area (Å²) < 4.78 is 0. The van der Waals surface area contributed by atoms with Crippen molar-refractivity contribution in [3.05, 3.63) is 0 Å². The number of nitrogens with zero attached hydrogens (tertiary/aromatic N) is 2. The number of amides is 1. The minimum Gasteiger partial charge on any atom is -0.342 e. The van der Waals surface area contributed by atoms with Gasteiger partial charge in [-0.15, -0.1) is 0 Å². The van der Waals surface area contributed by atoms with Crippen molar-refractivity contribution in [2.75, 3.05) is 32.7 Å². The standard InChI is InChI=1S/C19H36N2O/c1-16(2)6-5-11-20-12-7-19(8-13-20)9-14-21(15-10-19)18(22)17(3)4/h16-17H,5-15H2,1-4H3. The first kappa shape index (κ1) is 17.8. The molecule has 1 amide bonds. The summed E-state index contributed by atoms with van der Waals surface area (Å²) in [5.41, 5.74) is 0.544. The van der Waals surface area contributed by atoms with Crippen LogP contribution in [0, 0.1) is 17.3 Å². The maximum Gasteiger partial charge on any atom is 0.225 e. The molecule has 0 aromatic heterocycles. The zero-order valence-electron chi connectivity index (χ0n) is 15.2. The van der Waals surface area contributed by atoms with E-state index in [-0.39, 0.29) is 5.92 Å². The van der Waals surface area contributed by atoms with E-state index in [4.69, 9.17) is 0 Å². The topological polar surface area (TPSA) is 23.6 Å². The first-order valence-electron chi connectivity index (χ1n) is 9.43. The summed E-state index contributed by atoms with van der Waals surface area (Å²) in [4.78, 5) is 16.9. The molecule has 2 aliphatic rings.